The molecule has 0 atom stereocenters. The number of halogens is 1. The highest BCUT2D eigenvalue weighted by molar-refractivity contribution is 7.92. The Morgan fingerprint density at radius 3 is 2.33 bits per heavy atom. The van der Waals surface area contributed by atoms with E-state index in [4.69, 9.17) is 0 Å². The molecule has 112 valence electrons. The van der Waals surface area contributed by atoms with Gasteiger partial charge in [0.15, 0.2) is 0 Å². The lowest BCUT2D eigenvalue weighted by atomic mass is 10.1. The molecule has 21 heavy (non-hydrogen) atoms. The molecular weight excluding hydrogens is 289 g/mol. The normalized spacial score (nSPS) is 11.3. The number of anilines is 1. The predicted octanol–water partition coefficient (Wildman–Crippen LogP) is 3.97. The monoisotopic (exact) mass is 307 g/mol. The van der Waals surface area contributed by atoms with Gasteiger partial charge in [0.2, 0.25) is 0 Å². The zero-order valence-corrected chi connectivity index (χ0v) is 12.7. The maximum Gasteiger partial charge on any atom is 0.261 e. The first kappa shape index (κ1) is 15.5. The minimum absolute atomic E-state index is 0.0486. The lowest BCUT2D eigenvalue weighted by Crippen LogP contribution is -2.13. The van der Waals surface area contributed by atoms with Crippen LogP contribution in [-0.4, -0.2) is 8.42 Å². The molecule has 2 aromatic carbocycles. The van der Waals surface area contributed by atoms with E-state index in [-0.39, 0.29) is 10.6 Å². The first-order valence-electron chi connectivity index (χ1n) is 6.89. The molecule has 0 fully saturated rings. The Morgan fingerprint density at radius 1 is 1.05 bits per heavy atom. The zero-order chi connectivity index (χ0) is 15.3. The fraction of sp³-hybridized carbons (Fsp3) is 0.250. The summed E-state index contributed by atoms with van der Waals surface area (Å²) in [4.78, 5) is 0.131. The van der Waals surface area contributed by atoms with Gasteiger partial charge in [-0.15, -0.1) is 0 Å². The van der Waals surface area contributed by atoms with Crippen LogP contribution < -0.4 is 4.72 Å². The van der Waals surface area contributed by atoms with Gasteiger partial charge in [-0.1, -0.05) is 37.6 Å². The largest absolute Gasteiger partial charge is 0.277 e. The van der Waals surface area contributed by atoms with Gasteiger partial charge in [-0.2, -0.15) is 0 Å². The summed E-state index contributed by atoms with van der Waals surface area (Å²) in [5, 5.41) is 0. The lowest BCUT2D eigenvalue weighted by molar-refractivity contribution is 0.598. The first-order chi connectivity index (χ1) is 10.0. The summed E-state index contributed by atoms with van der Waals surface area (Å²) in [5.41, 5.74) is 1.05. The van der Waals surface area contributed by atoms with Crippen LogP contribution in [0.15, 0.2) is 53.4 Å². The minimum Gasteiger partial charge on any atom is -0.277 e. The topological polar surface area (TPSA) is 46.2 Å². The Labute approximate surface area is 124 Å². The Hall–Kier alpha value is -1.88. The van der Waals surface area contributed by atoms with Gasteiger partial charge >= 0.3 is 0 Å². The van der Waals surface area contributed by atoms with Crippen molar-refractivity contribution in [1.82, 2.24) is 0 Å². The number of para-hydroxylation sites is 1. The maximum absolute atomic E-state index is 13.5. The van der Waals surface area contributed by atoms with Gasteiger partial charge in [0, 0.05) is 0 Å². The fourth-order valence-corrected chi connectivity index (χ4v) is 3.03. The molecule has 0 bridgehead atoms. The average Bonchev–Trinajstić information content (AvgIpc) is 2.48. The molecule has 3 nitrogen and oxygen atoms in total. The summed E-state index contributed by atoms with van der Waals surface area (Å²) in [7, 11) is -3.76. The van der Waals surface area contributed by atoms with Crippen molar-refractivity contribution in [1.29, 1.82) is 0 Å². The molecule has 2 aromatic rings. The third kappa shape index (κ3) is 4.04. The van der Waals surface area contributed by atoms with Gasteiger partial charge in [-0.05, 0) is 42.7 Å². The van der Waals surface area contributed by atoms with E-state index in [9.17, 15) is 12.8 Å². The summed E-state index contributed by atoms with van der Waals surface area (Å²) in [5.74, 6) is -0.597. The number of benzene rings is 2. The quantitative estimate of drug-likeness (QED) is 0.877. The number of sulfonamides is 1. The number of hydrogen-bond acceptors (Lipinski definition) is 2. The van der Waals surface area contributed by atoms with Crippen LogP contribution in [-0.2, 0) is 16.4 Å². The van der Waals surface area contributed by atoms with Crippen molar-refractivity contribution in [2.75, 3.05) is 4.72 Å². The first-order valence-corrected chi connectivity index (χ1v) is 8.37. The molecule has 0 saturated heterocycles. The molecule has 0 saturated carbocycles. The minimum atomic E-state index is -3.76. The van der Waals surface area contributed by atoms with Gasteiger partial charge in [0.25, 0.3) is 10.0 Å². The molecular formula is C16H18FNO2S. The molecule has 0 amide bonds. The lowest BCUT2D eigenvalue weighted by Gasteiger charge is -2.09. The van der Waals surface area contributed by atoms with E-state index in [1.807, 2.05) is 0 Å². The van der Waals surface area contributed by atoms with Crippen LogP contribution >= 0.6 is 0 Å². The molecule has 0 aliphatic carbocycles. The van der Waals surface area contributed by atoms with E-state index in [1.54, 1.807) is 30.3 Å². The van der Waals surface area contributed by atoms with Crippen molar-refractivity contribution < 1.29 is 12.8 Å². The van der Waals surface area contributed by atoms with Gasteiger partial charge in [-0.3, -0.25) is 4.72 Å². The average molecular weight is 307 g/mol. The fourth-order valence-electron chi connectivity index (χ4n) is 1.96. The number of hydrogen-bond donors (Lipinski definition) is 1. The van der Waals surface area contributed by atoms with E-state index in [0.717, 1.165) is 24.8 Å². The van der Waals surface area contributed by atoms with Crippen LogP contribution in [0, 0.1) is 5.82 Å². The van der Waals surface area contributed by atoms with Gasteiger partial charge in [0.1, 0.15) is 5.82 Å². The van der Waals surface area contributed by atoms with E-state index in [1.165, 1.54) is 18.2 Å². The second-order valence-corrected chi connectivity index (χ2v) is 6.52. The van der Waals surface area contributed by atoms with Crippen molar-refractivity contribution in [2.24, 2.45) is 0 Å². The van der Waals surface area contributed by atoms with Crippen molar-refractivity contribution in [3.63, 3.8) is 0 Å². The molecule has 5 heteroatoms. The Bertz CT molecular complexity index is 696. The van der Waals surface area contributed by atoms with Crippen LogP contribution in [0.25, 0.3) is 0 Å². The summed E-state index contributed by atoms with van der Waals surface area (Å²) in [6.45, 7) is 2.11. The van der Waals surface area contributed by atoms with Crippen LogP contribution in [0.5, 0.6) is 0 Å². The standard InChI is InChI=1S/C16H18FNO2S/c1-2-3-6-13-9-11-14(12-10-13)21(19,20)18-16-8-5-4-7-15(16)17/h4-5,7-12,18H,2-3,6H2,1H3. The molecule has 2 rings (SSSR count). The summed E-state index contributed by atoms with van der Waals surface area (Å²) in [6.07, 6.45) is 3.09. The van der Waals surface area contributed by atoms with Crippen LogP contribution in [0.3, 0.4) is 0 Å². The second-order valence-electron chi connectivity index (χ2n) is 4.83. The summed E-state index contributed by atoms with van der Waals surface area (Å²) < 4.78 is 40.2. The maximum atomic E-state index is 13.5. The zero-order valence-electron chi connectivity index (χ0n) is 11.8. The third-order valence-electron chi connectivity index (χ3n) is 3.17. The van der Waals surface area contributed by atoms with Crippen molar-refractivity contribution in [3.8, 4) is 0 Å². The Balaban J connectivity index is 2.18. The molecule has 0 aromatic heterocycles. The van der Waals surface area contributed by atoms with Crippen molar-refractivity contribution in [3.05, 3.63) is 59.9 Å². The van der Waals surface area contributed by atoms with Crippen LogP contribution in [0.4, 0.5) is 10.1 Å². The van der Waals surface area contributed by atoms with E-state index < -0.39 is 15.8 Å². The number of rotatable bonds is 6. The third-order valence-corrected chi connectivity index (χ3v) is 4.55. The highest BCUT2D eigenvalue weighted by atomic mass is 32.2. The van der Waals surface area contributed by atoms with Gasteiger partial charge in [-0.25, -0.2) is 12.8 Å². The Kier molecular flexibility index (Phi) is 4.96. The smallest absolute Gasteiger partial charge is 0.261 e. The van der Waals surface area contributed by atoms with Crippen LogP contribution in [0.2, 0.25) is 0 Å². The number of aryl methyl sites for hydroxylation is 1. The molecule has 0 aliphatic heterocycles. The van der Waals surface area contributed by atoms with E-state index >= 15 is 0 Å². The Morgan fingerprint density at radius 2 is 1.71 bits per heavy atom. The highest BCUT2D eigenvalue weighted by Gasteiger charge is 2.15. The molecule has 0 spiro atoms. The number of unbranched alkanes of at least 4 members (excludes halogenated alkanes) is 1. The van der Waals surface area contributed by atoms with Crippen molar-refractivity contribution >= 4 is 15.7 Å². The molecule has 0 unspecified atom stereocenters. The number of nitrogens with one attached hydrogen (secondary N) is 1. The van der Waals surface area contributed by atoms with Crippen molar-refractivity contribution in [2.45, 2.75) is 31.1 Å². The molecule has 0 aliphatic rings. The predicted molar refractivity (Wildman–Crippen MR) is 82.3 cm³/mol. The molecule has 1 N–H and O–H groups in total. The van der Waals surface area contributed by atoms with Gasteiger partial charge < -0.3 is 0 Å². The van der Waals surface area contributed by atoms with Gasteiger partial charge in [0.05, 0.1) is 10.6 Å². The van der Waals surface area contributed by atoms with Crippen LogP contribution in [0.1, 0.15) is 25.3 Å². The summed E-state index contributed by atoms with van der Waals surface area (Å²) in [6, 6.07) is 12.4. The second kappa shape index (κ2) is 6.72. The van der Waals surface area contributed by atoms with E-state index in [2.05, 4.69) is 11.6 Å². The van der Waals surface area contributed by atoms with E-state index in [0.29, 0.717) is 0 Å². The SMILES string of the molecule is CCCCc1ccc(S(=O)(=O)Nc2ccccc2F)cc1. The molecule has 0 radical (unpaired) electrons. The molecule has 0 heterocycles. The highest BCUT2D eigenvalue weighted by Crippen LogP contribution is 2.19. The summed E-state index contributed by atoms with van der Waals surface area (Å²) >= 11 is 0.